The first-order chi connectivity index (χ1) is 8.22. The number of aliphatic hydroxyl groups is 3. The van der Waals surface area contributed by atoms with Gasteiger partial charge < -0.3 is 15.3 Å². The predicted octanol–water partition coefficient (Wildman–Crippen LogP) is 1.78. The van der Waals surface area contributed by atoms with Gasteiger partial charge in [-0.2, -0.15) is 0 Å². The summed E-state index contributed by atoms with van der Waals surface area (Å²) in [5.41, 5.74) is -0.282. The van der Waals surface area contributed by atoms with Crippen LogP contribution in [0.5, 0.6) is 0 Å². The summed E-state index contributed by atoms with van der Waals surface area (Å²) >= 11 is 0. The summed E-state index contributed by atoms with van der Waals surface area (Å²) in [4.78, 5) is 0. The van der Waals surface area contributed by atoms with Gasteiger partial charge in [0.2, 0.25) is 0 Å². The van der Waals surface area contributed by atoms with Crippen LogP contribution in [-0.2, 0) is 0 Å². The molecule has 5 atom stereocenters. The highest BCUT2D eigenvalue weighted by atomic mass is 16.3. The molecule has 0 aromatic carbocycles. The maximum Gasteiger partial charge on any atom is 0.0962 e. The minimum absolute atomic E-state index is 0.234. The number of rotatable bonds is 1. The van der Waals surface area contributed by atoms with E-state index in [4.69, 9.17) is 0 Å². The molecule has 0 amide bonds. The summed E-state index contributed by atoms with van der Waals surface area (Å²) in [7, 11) is 0. The summed E-state index contributed by atoms with van der Waals surface area (Å²) in [6, 6.07) is 0. The summed E-state index contributed by atoms with van der Waals surface area (Å²) < 4.78 is 0. The van der Waals surface area contributed by atoms with Crippen molar-refractivity contribution in [2.45, 2.75) is 57.3 Å². The topological polar surface area (TPSA) is 60.7 Å². The van der Waals surface area contributed by atoms with Gasteiger partial charge in [-0.1, -0.05) is 25.7 Å². The van der Waals surface area contributed by atoms with Crippen LogP contribution in [0.3, 0.4) is 0 Å². The molecule has 102 valence electrons. The van der Waals surface area contributed by atoms with Crippen LogP contribution < -0.4 is 0 Å². The monoisotopic (exact) mass is 252 g/mol. The van der Waals surface area contributed by atoms with Crippen LogP contribution in [0.15, 0.2) is 24.3 Å². The van der Waals surface area contributed by atoms with Crippen LogP contribution in [-0.4, -0.2) is 33.1 Å². The Morgan fingerprint density at radius 1 is 1.39 bits per heavy atom. The average Bonchev–Trinajstić information content (AvgIpc) is 2.29. The Morgan fingerprint density at radius 3 is 2.56 bits per heavy atom. The van der Waals surface area contributed by atoms with Gasteiger partial charge in [-0.3, -0.25) is 0 Å². The molecule has 3 N–H and O–H groups in total. The highest BCUT2D eigenvalue weighted by Gasteiger charge is 2.60. The van der Waals surface area contributed by atoms with Crippen molar-refractivity contribution in [2.24, 2.45) is 11.3 Å². The molecule has 2 aliphatic rings. The van der Waals surface area contributed by atoms with Crippen LogP contribution in [0.2, 0.25) is 0 Å². The van der Waals surface area contributed by atoms with Crippen molar-refractivity contribution in [3.63, 3.8) is 0 Å². The van der Waals surface area contributed by atoms with Crippen molar-refractivity contribution < 1.29 is 15.3 Å². The third-order valence-electron chi connectivity index (χ3n) is 5.31. The van der Waals surface area contributed by atoms with E-state index in [1.54, 1.807) is 0 Å². The van der Waals surface area contributed by atoms with Gasteiger partial charge in [0, 0.05) is 11.8 Å². The van der Waals surface area contributed by atoms with E-state index in [0.29, 0.717) is 12.0 Å². The number of fused-ring (bicyclic) bond motifs is 1. The molecule has 2 aliphatic carbocycles. The second-order valence-electron chi connectivity index (χ2n) is 6.36. The Hall–Kier alpha value is -0.640. The van der Waals surface area contributed by atoms with Crippen LogP contribution in [0.4, 0.5) is 0 Å². The normalized spacial score (nSPS) is 48.7. The van der Waals surface area contributed by atoms with E-state index in [0.717, 1.165) is 18.4 Å². The SMILES string of the molecule is C=C(C)[C@@H]1CC[C@@]2(C)[C@H](O)C[C@H](O)C(=C)[C@]2(O)C1. The molecule has 2 fully saturated rings. The van der Waals surface area contributed by atoms with E-state index in [1.807, 2.05) is 13.8 Å². The second-order valence-corrected chi connectivity index (χ2v) is 6.36. The largest absolute Gasteiger partial charge is 0.392 e. The molecule has 2 saturated carbocycles. The Bertz CT molecular complexity index is 389. The third kappa shape index (κ3) is 1.68. The fraction of sp³-hybridized carbons (Fsp3) is 0.733. The smallest absolute Gasteiger partial charge is 0.0962 e. The third-order valence-corrected chi connectivity index (χ3v) is 5.31. The molecule has 0 unspecified atom stereocenters. The Balaban J connectivity index is 2.39. The van der Waals surface area contributed by atoms with Crippen molar-refractivity contribution in [3.8, 4) is 0 Å². The zero-order chi connectivity index (χ0) is 13.7. The summed E-state index contributed by atoms with van der Waals surface area (Å²) in [5.74, 6) is 0.234. The second kappa shape index (κ2) is 4.19. The van der Waals surface area contributed by atoms with Gasteiger partial charge in [-0.05, 0) is 37.7 Å². The van der Waals surface area contributed by atoms with Gasteiger partial charge in [0.1, 0.15) is 0 Å². The molecule has 18 heavy (non-hydrogen) atoms. The van der Waals surface area contributed by atoms with Crippen LogP contribution in [0, 0.1) is 11.3 Å². The van der Waals surface area contributed by atoms with Crippen molar-refractivity contribution in [1.29, 1.82) is 0 Å². The fourth-order valence-corrected chi connectivity index (χ4v) is 3.62. The lowest BCUT2D eigenvalue weighted by atomic mass is 9.51. The minimum Gasteiger partial charge on any atom is -0.392 e. The Morgan fingerprint density at radius 2 is 2.00 bits per heavy atom. The molecular formula is C15H24O3. The molecule has 0 aromatic rings. The average molecular weight is 252 g/mol. The molecule has 0 heterocycles. The molecule has 0 aromatic heterocycles. The van der Waals surface area contributed by atoms with Crippen molar-refractivity contribution in [2.75, 3.05) is 0 Å². The lowest BCUT2D eigenvalue weighted by Gasteiger charge is -2.58. The van der Waals surface area contributed by atoms with E-state index >= 15 is 0 Å². The van der Waals surface area contributed by atoms with Gasteiger partial charge in [-0.25, -0.2) is 0 Å². The van der Waals surface area contributed by atoms with Crippen LogP contribution in [0.1, 0.15) is 39.5 Å². The Labute approximate surface area is 109 Å². The van der Waals surface area contributed by atoms with E-state index in [-0.39, 0.29) is 12.3 Å². The van der Waals surface area contributed by atoms with Crippen molar-refractivity contribution in [3.05, 3.63) is 24.3 Å². The molecule has 0 saturated heterocycles. The highest BCUT2D eigenvalue weighted by Crippen LogP contribution is 2.56. The van der Waals surface area contributed by atoms with E-state index < -0.39 is 23.2 Å². The zero-order valence-electron chi connectivity index (χ0n) is 11.3. The molecular weight excluding hydrogens is 228 g/mol. The first-order valence-corrected chi connectivity index (χ1v) is 6.65. The lowest BCUT2D eigenvalue weighted by Crippen LogP contribution is -2.63. The van der Waals surface area contributed by atoms with Crippen LogP contribution in [0.25, 0.3) is 0 Å². The lowest BCUT2D eigenvalue weighted by molar-refractivity contribution is -0.179. The van der Waals surface area contributed by atoms with E-state index in [2.05, 4.69) is 13.2 Å². The van der Waals surface area contributed by atoms with Gasteiger partial charge >= 0.3 is 0 Å². The van der Waals surface area contributed by atoms with Gasteiger partial charge in [0.05, 0.1) is 17.8 Å². The van der Waals surface area contributed by atoms with Gasteiger partial charge in [0.15, 0.2) is 0 Å². The fourth-order valence-electron chi connectivity index (χ4n) is 3.62. The first kappa shape index (κ1) is 13.8. The zero-order valence-corrected chi connectivity index (χ0v) is 11.3. The van der Waals surface area contributed by atoms with Crippen molar-refractivity contribution in [1.82, 2.24) is 0 Å². The minimum atomic E-state index is -1.19. The Kier molecular flexibility index (Phi) is 3.21. The molecule has 0 radical (unpaired) electrons. The molecule has 0 spiro atoms. The highest BCUT2D eigenvalue weighted by molar-refractivity contribution is 5.30. The maximum atomic E-state index is 11.0. The number of hydrogen-bond acceptors (Lipinski definition) is 3. The summed E-state index contributed by atoms with van der Waals surface area (Å²) in [6.07, 6.45) is 0.931. The van der Waals surface area contributed by atoms with Crippen LogP contribution >= 0.6 is 0 Å². The van der Waals surface area contributed by atoms with E-state index in [1.165, 1.54) is 0 Å². The number of allylic oxidation sites excluding steroid dienone is 1. The predicted molar refractivity (Wildman–Crippen MR) is 71.0 cm³/mol. The summed E-state index contributed by atoms with van der Waals surface area (Å²) in [5, 5.41) is 31.2. The molecule has 3 nitrogen and oxygen atoms in total. The number of hydrogen-bond donors (Lipinski definition) is 3. The maximum absolute atomic E-state index is 11.0. The standard InChI is InChI=1S/C15H24O3/c1-9(2)11-5-6-14(4)13(17)7-12(16)10(3)15(14,18)8-11/h11-13,16-18H,1,3,5-8H2,2,4H3/t11-,12+,13-,14+,15-/m1/s1. The summed E-state index contributed by atoms with van der Waals surface area (Å²) in [6.45, 7) is 11.7. The van der Waals surface area contributed by atoms with Gasteiger partial charge in [0.25, 0.3) is 0 Å². The first-order valence-electron chi connectivity index (χ1n) is 6.65. The molecule has 0 bridgehead atoms. The molecule has 0 aliphatic heterocycles. The van der Waals surface area contributed by atoms with Gasteiger partial charge in [-0.15, -0.1) is 0 Å². The van der Waals surface area contributed by atoms with E-state index in [9.17, 15) is 15.3 Å². The quantitative estimate of drug-likeness (QED) is 0.623. The molecule has 2 rings (SSSR count). The molecule has 3 heteroatoms. The number of aliphatic hydroxyl groups excluding tert-OH is 2. The van der Waals surface area contributed by atoms with Crippen molar-refractivity contribution >= 4 is 0 Å².